The number of esters is 1. The van der Waals surface area contributed by atoms with Gasteiger partial charge in [-0.05, 0) is 93.4 Å². The Bertz CT molecular complexity index is 722. The van der Waals surface area contributed by atoms with E-state index in [9.17, 15) is 4.79 Å². The molecular formula is C32H50O3. The minimum Gasteiger partial charge on any atom is -0.490 e. The topological polar surface area (TPSA) is 35.5 Å². The second kappa shape index (κ2) is 16.1. The van der Waals surface area contributed by atoms with E-state index in [2.05, 4.69) is 26.0 Å². The molecule has 0 aromatic heterocycles. The van der Waals surface area contributed by atoms with E-state index in [1.807, 2.05) is 24.3 Å². The summed E-state index contributed by atoms with van der Waals surface area (Å²) in [5.74, 6) is 3.93. The van der Waals surface area contributed by atoms with Crippen molar-refractivity contribution in [2.75, 3.05) is 6.61 Å². The van der Waals surface area contributed by atoms with Gasteiger partial charge >= 0.3 is 5.97 Å². The summed E-state index contributed by atoms with van der Waals surface area (Å²) in [4.78, 5) is 12.6. The number of rotatable bonds is 14. The zero-order valence-corrected chi connectivity index (χ0v) is 22.5. The summed E-state index contributed by atoms with van der Waals surface area (Å²) in [5.41, 5.74) is 0. The average Bonchev–Trinajstić information content (AvgIpc) is 2.89. The van der Waals surface area contributed by atoms with Gasteiger partial charge in [0, 0.05) is 0 Å². The van der Waals surface area contributed by atoms with E-state index in [0.717, 1.165) is 30.4 Å². The zero-order chi connectivity index (χ0) is 24.7. The minimum absolute atomic E-state index is 0.0601. The quantitative estimate of drug-likeness (QED) is 0.115. The van der Waals surface area contributed by atoms with Crippen molar-refractivity contribution in [2.45, 2.75) is 117 Å². The normalized spacial score (nSPS) is 25.0. The van der Waals surface area contributed by atoms with Gasteiger partial charge in [0.05, 0.1) is 5.92 Å². The fraction of sp³-hybridized carbons (Fsp3) is 0.719. The Kier molecular flexibility index (Phi) is 12.8. The number of carbonyl (C=O) groups excluding carboxylic acids is 1. The molecule has 0 spiro atoms. The summed E-state index contributed by atoms with van der Waals surface area (Å²) in [5, 5.41) is 0. The summed E-state index contributed by atoms with van der Waals surface area (Å²) < 4.78 is 11.6. The smallest absolute Gasteiger partial charge is 0.314 e. The van der Waals surface area contributed by atoms with Gasteiger partial charge in [0.1, 0.15) is 18.1 Å². The predicted molar refractivity (Wildman–Crippen MR) is 146 cm³/mol. The van der Waals surface area contributed by atoms with Crippen LogP contribution in [0.25, 0.3) is 0 Å². The Labute approximate surface area is 215 Å². The van der Waals surface area contributed by atoms with Crippen LogP contribution in [-0.2, 0) is 4.79 Å². The van der Waals surface area contributed by atoms with Crippen molar-refractivity contribution in [2.24, 2.45) is 23.7 Å². The lowest BCUT2D eigenvalue weighted by Gasteiger charge is -2.27. The Morgan fingerprint density at radius 3 is 1.89 bits per heavy atom. The van der Waals surface area contributed by atoms with Crippen LogP contribution in [0.5, 0.6) is 11.5 Å². The van der Waals surface area contributed by atoms with Gasteiger partial charge in [-0.25, -0.2) is 0 Å². The molecule has 2 aliphatic rings. The lowest BCUT2D eigenvalue weighted by Crippen LogP contribution is -2.25. The van der Waals surface area contributed by atoms with Crippen molar-refractivity contribution < 1.29 is 14.3 Å². The van der Waals surface area contributed by atoms with Gasteiger partial charge in [0.15, 0.2) is 0 Å². The van der Waals surface area contributed by atoms with E-state index in [-0.39, 0.29) is 11.9 Å². The second-order valence-corrected chi connectivity index (χ2v) is 11.1. The van der Waals surface area contributed by atoms with Crippen LogP contribution in [-0.4, -0.2) is 12.6 Å². The molecule has 3 heteroatoms. The van der Waals surface area contributed by atoms with Gasteiger partial charge in [-0.15, -0.1) is 0 Å². The van der Waals surface area contributed by atoms with Crippen molar-refractivity contribution in [1.29, 1.82) is 0 Å². The first kappa shape index (κ1) is 27.8. The van der Waals surface area contributed by atoms with Crippen LogP contribution in [0.1, 0.15) is 117 Å². The van der Waals surface area contributed by atoms with Crippen molar-refractivity contribution >= 4 is 5.97 Å². The van der Waals surface area contributed by atoms with Crippen LogP contribution in [0.15, 0.2) is 36.4 Å². The van der Waals surface area contributed by atoms with Gasteiger partial charge in [-0.3, -0.25) is 4.79 Å². The monoisotopic (exact) mass is 482 g/mol. The highest BCUT2D eigenvalue weighted by Crippen LogP contribution is 2.34. The third-order valence-corrected chi connectivity index (χ3v) is 8.30. The number of hydrogen-bond donors (Lipinski definition) is 0. The van der Waals surface area contributed by atoms with Crippen LogP contribution < -0.4 is 9.47 Å². The number of hydrogen-bond acceptors (Lipinski definition) is 3. The van der Waals surface area contributed by atoms with Gasteiger partial charge in [0.2, 0.25) is 0 Å². The minimum atomic E-state index is -0.0614. The highest BCUT2D eigenvalue weighted by Gasteiger charge is 2.27. The maximum absolute atomic E-state index is 12.6. The van der Waals surface area contributed by atoms with E-state index < -0.39 is 0 Å². The SMILES string of the molecule is CCCCCC1CCC(C=CCOc2ccc(OC(=O)C3CCC(CCCCC)CC3)cc2)CC1. The molecule has 1 aromatic rings. The fourth-order valence-corrected chi connectivity index (χ4v) is 5.92. The molecule has 3 rings (SSSR count). The molecule has 0 radical (unpaired) electrons. The molecule has 0 heterocycles. The molecule has 196 valence electrons. The largest absolute Gasteiger partial charge is 0.490 e. The Morgan fingerprint density at radius 2 is 1.31 bits per heavy atom. The van der Waals surface area contributed by atoms with Crippen molar-refractivity contribution in [3.05, 3.63) is 36.4 Å². The highest BCUT2D eigenvalue weighted by molar-refractivity contribution is 5.75. The van der Waals surface area contributed by atoms with Gasteiger partial charge in [0.25, 0.3) is 0 Å². The molecule has 2 fully saturated rings. The summed E-state index contributed by atoms with van der Waals surface area (Å²) >= 11 is 0. The summed E-state index contributed by atoms with van der Waals surface area (Å²) in [6, 6.07) is 7.52. The van der Waals surface area contributed by atoms with E-state index in [4.69, 9.17) is 9.47 Å². The van der Waals surface area contributed by atoms with Crippen LogP contribution >= 0.6 is 0 Å². The third-order valence-electron chi connectivity index (χ3n) is 8.30. The van der Waals surface area contributed by atoms with Crippen molar-refractivity contribution in [1.82, 2.24) is 0 Å². The maximum Gasteiger partial charge on any atom is 0.314 e. The standard InChI is InChI=1S/C32H50O3/c1-3-5-7-10-26-13-15-28(16-14-26)12-9-25-34-30-21-23-31(24-22-30)35-32(33)29-19-17-27(18-20-29)11-8-6-4-2/h9,12,21-24,26-29H,3-8,10-11,13-20,25H2,1-2H3. The Morgan fingerprint density at radius 1 is 0.771 bits per heavy atom. The summed E-state index contributed by atoms with van der Waals surface area (Å²) in [7, 11) is 0. The van der Waals surface area contributed by atoms with Gasteiger partial charge in [-0.2, -0.15) is 0 Å². The first-order valence-corrected chi connectivity index (χ1v) is 14.8. The summed E-state index contributed by atoms with van der Waals surface area (Å²) in [6.07, 6.45) is 25.1. The lowest BCUT2D eigenvalue weighted by atomic mass is 9.79. The first-order valence-electron chi connectivity index (χ1n) is 14.8. The predicted octanol–water partition coefficient (Wildman–Crippen LogP) is 9.30. The van der Waals surface area contributed by atoms with Crippen LogP contribution in [0.4, 0.5) is 0 Å². The molecule has 0 N–H and O–H groups in total. The second-order valence-electron chi connectivity index (χ2n) is 11.1. The molecule has 1 aromatic carbocycles. The zero-order valence-electron chi connectivity index (χ0n) is 22.5. The van der Waals surface area contributed by atoms with Gasteiger partial charge in [-0.1, -0.05) is 77.4 Å². The molecule has 0 unspecified atom stereocenters. The molecule has 2 saturated carbocycles. The molecule has 2 aliphatic carbocycles. The van der Waals surface area contributed by atoms with E-state index in [1.165, 1.54) is 89.9 Å². The number of carbonyl (C=O) groups is 1. The first-order chi connectivity index (χ1) is 17.2. The molecule has 0 atom stereocenters. The highest BCUT2D eigenvalue weighted by atomic mass is 16.5. The molecule has 0 bridgehead atoms. The Balaban J connectivity index is 1.29. The number of benzene rings is 1. The lowest BCUT2D eigenvalue weighted by molar-refractivity contribution is -0.140. The average molecular weight is 483 g/mol. The Hall–Kier alpha value is -1.77. The molecule has 35 heavy (non-hydrogen) atoms. The number of unbranched alkanes of at least 4 members (excludes halogenated alkanes) is 4. The molecule has 3 nitrogen and oxygen atoms in total. The summed E-state index contributed by atoms with van der Waals surface area (Å²) in [6.45, 7) is 5.13. The van der Waals surface area contributed by atoms with Crippen LogP contribution in [0.3, 0.4) is 0 Å². The van der Waals surface area contributed by atoms with Gasteiger partial charge < -0.3 is 9.47 Å². The molecule has 0 aliphatic heterocycles. The maximum atomic E-state index is 12.6. The number of ether oxygens (including phenoxy) is 2. The van der Waals surface area contributed by atoms with E-state index in [0.29, 0.717) is 18.3 Å². The van der Waals surface area contributed by atoms with Crippen LogP contribution in [0, 0.1) is 23.7 Å². The molecule has 0 amide bonds. The number of allylic oxidation sites excluding steroid dienone is 1. The van der Waals surface area contributed by atoms with Crippen molar-refractivity contribution in [3.63, 3.8) is 0 Å². The van der Waals surface area contributed by atoms with Crippen LogP contribution in [0.2, 0.25) is 0 Å². The fourth-order valence-electron chi connectivity index (χ4n) is 5.92. The third kappa shape index (κ3) is 10.4. The van der Waals surface area contributed by atoms with E-state index in [1.54, 1.807) is 0 Å². The molecule has 0 saturated heterocycles. The van der Waals surface area contributed by atoms with Crippen molar-refractivity contribution in [3.8, 4) is 11.5 Å². The van der Waals surface area contributed by atoms with E-state index >= 15 is 0 Å². The molecular weight excluding hydrogens is 432 g/mol.